The van der Waals surface area contributed by atoms with Crippen LogP contribution >= 0.6 is 0 Å². The van der Waals surface area contributed by atoms with Gasteiger partial charge in [-0.05, 0) is 38.7 Å². The molecule has 7 heteroatoms. The average molecular weight is 405 g/mol. The number of rotatable bonds is 7. The molecule has 0 aliphatic carbocycles. The number of nitrogens with one attached hydrogen (secondary N) is 1. The Kier molecular flexibility index (Phi) is 7.27. The van der Waals surface area contributed by atoms with Crippen molar-refractivity contribution >= 4 is 17.8 Å². The highest BCUT2D eigenvalue weighted by atomic mass is 16.7. The molecule has 1 aromatic rings. The van der Waals surface area contributed by atoms with Gasteiger partial charge in [0.1, 0.15) is 5.60 Å². The number of oxime groups is 1. The lowest BCUT2D eigenvalue weighted by molar-refractivity contribution is -0.166. The van der Waals surface area contributed by atoms with Gasteiger partial charge in [0.25, 0.3) is 0 Å². The Morgan fingerprint density at radius 3 is 2.45 bits per heavy atom. The quantitative estimate of drug-likeness (QED) is 0.698. The fraction of sp³-hybridized carbons (Fsp3) is 0.591. The summed E-state index contributed by atoms with van der Waals surface area (Å²) in [6.07, 6.45) is 0.685. The van der Waals surface area contributed by atoms with Crippen LogP contribution in [0.5, 0.6) is 0 Å². The van der Waals surface area contributed by atoms with Gasteiger partial charge < -0.3 is 19.6 Å². The summed E-state index contributed by atoms with van der Waals surface area (Å²) in [6, 6.07) is 9.18. The van der Waals surface area contributed by atoms with Gasteiger partial charge in [-0.25, -0.2) is 9.59 Å². The maximum Gasteiger partial charge on any atom is 0.408 e. The Morgan fingerprint density at radius 2 is 1.90 bits per heavy atom. The number of carbonyl (C=O) groups excluding carboxylic acids is 2. The van der Waals surface area contributed by atoms with E-state index in [-0.39, 0.29) is 6.42 Å². The van der Waals surface area contributed by atoms with E-state index in [1.54, 1.807) is 0 Å². The fourth-order valence-corrected chi connectivity index (χ4v) is 3.28. The molecule has 7 nitrogen and oxygen atoms in total. The van der Waals surface area contributed by atoms with Gasteiger partial charge in [0.2, 0.25) is 5.60 Å². The summed E-state index contributed by atoms with van der Waals surface area (Å²) in [7, 11) is 1.33. The summed E-state index contributed by atoms with van der Waals surface area (Å²) < 4.78 is 10.4. The van der Waals surface area contributed by atoms with Crippen LogP contribution in [0.3, 0.4) is 0 Å². The molecule has 160 valence electrons. The Bertz CT molecular complexity index is 739. The number of benzene rings is 1. The average Bonchev–Trinajstić information content (AvgIpc) is 3.04. The second kappa shape index (κ2) is 9.29. The molecule has 1 unspecified atom stereocenters. The van der Waals surface area contributed by atoms with Crippen LogP contribution in [0.25, 0.3) is 0 Å². The lowest BCUT2D eigenvalue weighted by Crippen LogP contribution is -2.47. The molecular weight excluding hydrogens is 372 g/mol. The fourth-order valence-electron chi connectivity index (χ4n) is 3.28. The van der Waals surface area contributed by atoms with E-state index in [9.17, 15) is 9.59 Å². The predicted molar refractivity (Wildman–Crippen MR) is 111 cm³/mol. The van der Waals surface area contributed by atoms with E-state index >= 15 is 0 Å². The molecule has 1 N–H and O–H groups in total. The zero-order valence-corrected chi connectivity index (χ0v) is 18.2. The van der Waals surface area contributed by atoms with E-state index in [2.05, 4.69) is 24.3 Å². The van der Waals surface area contributed by atoms with Crippen LogP contribution < -0.4 is 5.32 Å². The molecule has 0 bridgehead atoms. The van der Waals surface area contributed by atoms with Gasteiger partial charge >= 0.3 is 12.1 Å². The van der Waals surface area contributed by atoms with Crippen molar-refractivity contribution in [2.45, 2.75) is 71.1 Å². The van der Waals surface area contributed by atoms with Gasteiger partial charge in [0, 0.05) is 12.8 Å². The van der Waals surface area contributed by atoms with Crippen molar-refractivity contribution in [1.29, 1.82) is 0 Å². The molecule has 1 aliphatic rings. The van der Waals surface area contributed by atoms with Crippen LogP contribution in [-0.4, -0.2) is 42.1 Å². The molecule has 1 amide bonds. The van der Waals surface area contributed by atoms with Crippen molar-refractivity contribution in [1.82, 2.24) is 5.32 Å². The van der Waals surface area contributed by atoms with E-state index in [1.165, 1.54) is 7.11 Å². The number of nitrogens with zero attached hydrogens (tertiary/aromatic N) is 1. The van der Waals surface area contributed by atoms with Crippen LogP contribution in [-0.2, 0) is 25.5 Å². The minimum absolute atomic E-state index is 0.238. The van der Waals surface area contributed by atoms with Crippen LogP contribution in [0.15, 0.2) is 35.5 Å². The van der Waals surface area contributed by atoms with E-state index in [0.29, 0.717) is 24.5 Å². The molecular formula is C22H32N2O5. The molecule has 2 rings (SSSR count). The maximum atomic E-state index is 12.6. The van der Waals surface area contributed by atoms with Crippen molar-refractivity contribution in [2.24, 2.45) is 11.1 Å². The first-order valence-electron chi connectivity index (χ1n) is 9.91. The molecule has 1 heterocycles. The largest absolute Gasteiger partial charge is 0.466 e. The summed E-state index contributed by atoms with van der Waals surface area (Å²) in [5.74, 6) is -0.194. The Balaban J connectivity index is 2.20. The molecule has 0 saturated heterocycles. The number of methoxy groups -OCH3 is 1. The summed E-state index contributed by atoms with van der Waals surface area (Å²) in [4.78, 5) is 30.6. The minimum atomic E-state index is -1.24. The van der Waals surface area contributed by atoms with Gasteiger partial charge in [-0.15, -0.1) is 0 Å². The second-order valence-electron chi connectivity index (χ2n) is 8.83. The first kappa shape index (κ1) is 22.7. The first-order valence-corrected chi connectivity index (χ1v) is 9.91. The normalized spacial score (nSPS) is 19.9. The van der Waals surface area contributed by atoms with Crippen molar-refractivity contribution in [3.05, 3.63) is 35.9 Å². The van der Waals surface area contributed by atoms with Gasteiger partial charge in [0.05, 0.1) is 18.9 Å². The Hall–Kier alpha value is -2.57. The van der Waals surface area contributed by atoms with Gasteiger partial charge in [-0.2, -0.15) is 0 Å². The molecule has 0 aromatic heterocycles. The van der Waals surface area contributed by atoms with E-state index in [4.69, 9.17) is 14.3 Å². The SMILES string of the molecule is COC(=O)C1(Cc2ccccc2)CC([C@H](CC(C)C)NC(=O)OC(C)(C)C)=NO1. The molecule has 0 fully saturated rings. The second-order valence-corrected chi connectivity index (χ2v) is 8.83. The lowest BCUT2D eigenvalue weighted by atomic mass is 9.86. The molecule has 0 saturated carbocycles. The number of carbonyl (C=O) groups is 2. The zero-order valence-electron chi connectivity index (χ0n) is 18.2. The molecule has 1 aromatic carbocycles. The number of hydrogen-bond acceptors (Lipinski definition) is 6. The zero-order chi connectivity index (χ0) is 21.7. The van der Waals surface area contributed by atoms with E-state index in [1.807, 2.05) is 51.1 Å². The van der Waals surface area contributed by atoms with Gasteiger partial charge in [0.15, 0.2) is 0 Å². The predicted octanol–water partition coefficient (Wildman–Crippen LogP) is 3.86. The first-order chi connectivity index (χ1) is 13.5. The van der Waals surface area contributed by atoms with Crippen LogP contribution in [0.4, 0.5) is 4.79 Å². The van der Waals surface area contributed by atoms with Crippen LogP contribution in [0.2, 0.25) is 0 Å². The summed E-state index contributed by atoms with van der Waals surface area (Å²) >= 11 is 0. The van der Waals surface area contributed by atoms with Crippen LogP contribution in [0.1, 0.15) is 53.0 Å². The smallest absolute Gasteiger partial charge is 0.408 e. The number of hydrogen-bond donors (Lipinski definition) is 1. The maximum absolute atomic E-state index is 12.6. The van der Waals surface area contributed by atoms with Crippen molar-refractivity contribution in [2.75, 3.05) is 7.11 Å². The summed E-state index contributed by atoms with van der Waals surface area (Å²) in [5, 5.41) is 7.08. The van der Waals surface area contributed by atoms with Crippen molar-refractivity contribution in [3.63, 3.8) is 0 Å². The third kappa shape index (κ3) is 6.48. The molecule has 0 radical (unpaired) electrons. The van der Waals surface area contributed by atoms with E-state index < -0.39 is 29.3 Å². The van der Waals surface area contributed by atoms with Gasteiger partial charge in [-0.3, -0.25) is 0 Å². The summed E-state index contributed by atoms with van der Waals surface area (Å²) in [5.41, 5.74) is -0.305. The number of amides is 1. The number of ether oxygens (including phenoxy) is 2. The molecule has 0 spiro atoms. The Labute approximate surface area is 172 Å². The third-order valence-electron chi connectivity index (χ3n) is 4.49. The highest BCUT2D eigenvalue weighted by Crippen LogP contribution is 2.32. The highest BCUT2D eigenvalue weighted by Gasteiger charge is 2.49. The van der Waals surface area contributed by atoms with Crippen molar-refractivity contribution < 1.29 is 23.9 Å². The Morgan fingerprint density at radius 1 is 1.24 bits per heavy atom. The minimum Gasteiger partial charge on any atom is -0.466 e. The lowest BCUT2D eigenvalue weighted by Gasteiger charge is -2.26. The topological polar surface area (TPSA) is 86.2 Å². The molecule has 2 atom stereocenters. The third-order valence-corrected chi connectivity index (χ3v) is 4.49. The molecule has 29 heavy (non-hydrogen) atoms. The van der Waals surface area contributed by atoms with Crippen molar-refractivity contribution in [3.8, 4) is 0 Å². The standard InChI is InChI=1S/C22H32N2O5/c1-15(2)12-17(23-20(26)28-21(3,4)5)18-14-22(29-24-18,19(25)27-6)13-16-10-8-7-9-11-16/h7-11,15,17H,12-14H2,1-6H3,(H,23,26)/t17-,22?/m0/s1. The summed E-state index contributed by atoms with van der Waals surface area (Å²) in [6.45, 7) is 9.53. The monoisotopic (exact) mass is 404 g/mol. The van der Waals surface area contributed by atoms with Crippen LogP contribution in [0, 0.1) is 5.92 Å². The van der Waals surface area contributed by atoms with Gasteiger partial charge in [-0.1, -0.05) is 49.3 Å². The number of esters is 1. The highest BCUT2D eigenvalue weighted by molar-refractivity contribution is 5.98. The molecule has 1 aliphatic heterocycles. The number of alkyl carbamates (subject to hydrolysis) is 1. The van der Waals surface area contributed by atoms with E-state index in [0.717, 1.165) is 5.56 Å².